The van der Waals surface area contributed by atoms with Gasteiger partial charge in [0.25, 0.3) is 0 Å². The fraction of sp³-hybridized carbons (Fsp3) is 1.00. The average molecular weight is 242 g/mol. The molecule has 2 heteroatoms. The minimum atomic E-state index is 0.635. The van der Waals surface area contributed by atoms with E-state index in [4.69, 9.17) is 0 Å². The van der Waals surface area contributed by atoms with Crippen molar-refractivity contribution in [3.05, 3.63) is 0 Å². The van der Waals surface area contributed by atoms with Crippen LogP contribution in [0.2, 0.25) is 0 Å². The molecule has 0 bridgehead atoms. The van der Waals surface area contributed by atoms with Crippen LogP contribution in [0.1, 0.15) is 60.8 Å². The van der Waals surface area contributed by atoms with Crippen molar-refractivity contribution in [3.8, 4) is 0 Å². The Morgan fingerprint density at radius 3 is 2.18 bits per heavy atom. The quantitative estimate of drug-likeness (QED) is 0.630. The van der Waals surface area contributed by atoms with Crippen molar-refractivity contribution >= 4 is 0 Å². The van der Waals surface area contributed by atoms with Crippen molar-refractivity contribution < 1.29 is 0 Å². The van der Waals surface area contributed by atoms with Crippen molar-refractivity contribution in [2.45, 2.75) is 72.9 Å². The zero-order valence-corrected chi connectivity index (χ0v) is 12.9. The van der Waals surface area contributed by atoms with Crippen LogP contribution in [-0.4, -0.2) is 36.6 Å². The van der Waals surface area contributed by atoms with Crippen LogP contribution in [0.3, 0.4) is 0 Å². The Kier molecular flexibility index (Phi) is 9.85. The van der Waals surface area contributed by atoms with Crippen molar-refractivity contribution in [3.63, 3.8) is 0 Å². The standard InChI is InChI=1S/C15H34N2/c1-7-10-16-14(5)11-15(6)17(9-3)12-13(4)8-2/h13-16H,7-12H2,1-6H3. The number of nitrogens with zero attached hydrogens (tertiary/aromatic N) is 1. The third-order valence-corrected chi connectivity index (χ3v) is 3.71. The lowest BCUT2D eigenvalue weighted by atomic mass is 10.0. The average Bonchev–Trinajstić information content (AvgIpc) is 2.32. The van der Waals surface area contributed by atoms with Crippen LogP contribution in [0.4, 0.5) is 0 Å². The highest BCUT2D eigenvalue weighted by molar-refractivity contribution is 4.73. The zero-order valence-electron chi connectivity index (χ0n) is 12.9. The summed E-state index contributed by atoms with van der Waals surface area (Å²) >= 11 is 0. The SMILES string of the molecule is CCCNC(C)CC(C)N(CC)CC(C)CC. The van der Waals surface area contributed by atoms with E-state index < -0.39 is 0 Å². The molecule has 17 heavy (non-hydrogen) atoms. The molecule has 0 aliphatic rings. The van der Waals surface area contributed by atoms with Crippen molar-refractivity contribution in [2.24, 2.45) is 5.92 Å². The monoisotopic (exact) mass is 242 g/mol. The van der Waals surface area contributed by atoms with Gasteiger partial charge in [-0.25, -0.2) is 0 Å². The summed E-state index contributed by atoms with van der Waals surface area (Å²) < 4.78 is 0. The maximum Gasteiger partial charge on any atom is 0.00816 e. The predicted molar refractivity (Wildman–Crippen MR) is 78.5 cm³/mol. The molecule has 0 aromatic carbocycles. The van der Waals surface area contributed by atoms with Crippen LogP contribution in [0, 0.1) is 5.92 Å². The molecule has 0 saturated carbocycles. The van der Waals surface area contributed by atoms with E-state index in [0.717, 1.165) is 12.5 Å². The van der Waals surface area contributed by atoms with Gasteiger partial charge in [0.2, 0.25) is 0 Å². The number of hydrogen-bond donors (Lipinski definition) is 1. The summed E-state index contributed by atoms with van der Waals surface area (Å²) in [6, 6.07) is 1.32. The van der Waals surface area contributed by atoms with Gasteiger partial charge in [-0.15, -0.1) is 0 Å². The molecule has 104 valence electrons. The highest BCUT2D eigenvalue weighted by atomic mass is 15.1. The van der Waals surface area contributed by atoms with E-state index in [1.807, 2.05) is 0 Å². The Balaban J connectivity index is 4.01. The summed E-state index contributed by atoms with van der Waals surface area (Å²) in [5.74, 6) is 0.816. The molecule has 3 unspecified atom stereocenters. The first kappa shape index (κ1) is 16.9. The van der Waals surface area contributed by atoms with Gasteiger partial charge in [0, 0.05) is 18.6 Å². The van der Waals surface area contributed by atoms with Gasteiger partial charge >= 0.3 is 0 Å². The van der Waals surface area contributed by atoms with Crippen molar-refractivity contribution in [1.29, 1.82) is 0 Å². The molecule has 0 aromatic heterocycles. The van der Waals surface area contributed by atoms with Crippen LogP contribution in [0.5, 0.6) is 0 Å². The Labute approximate surface area is 109 Å². The van der Waals surface area contributed by atoms with Crippen LogP contribution in [0.25, 0.3) is 0 Å². The second-order valence-corrected chi connectivity index (χ2v) is 5.54. The van der Waals surface area contributed by atoms with E-state index in [-0.39, 0.29) is 0 Å². The van der Waals surface area contributed by atoms with Gasteiger partial charge in [0.05, 0.1) is 0 Å². The van der Waals surface area contributed by atoms with Gasteiger partial charge < -0.3 is 10.2 Å². The largest absolute Gasteiger partial charge is 0.314 e. The van der Waals surface area contributed by atoms with E-state index in [2.05, 4.69) is 51.8 Å². The maximum absolute atomic E-state index is 3.58. The van der Waals surface area contributed by atoms with Gasteiger partial charge in [0.1, 0.15) is 0 Å². The van der Waals surface area contributed by atoms with Crippen molar-refractivity contribution in [1.82, 2.24) is 10.2 Å². The molecule has 0 rings (SSSR count). The first-order valence-corrected chi connectivity index (χ1v) is 7.52. The van der Waals surface area contributed by atoms with E-state index >= 15 is 0 Å². The Bertz CT molecular complexity index is 170. The van der Waals surface area contributed by atoms with Gasteiger partial charge in [-0.1, -0.05) is 34.1 Å². The fourth-order valence-electron chi connectivity index (χ4n) is 2.28. The molecule has 1 N–H and O–H groups in total. The number of rotatable bonds is 10. The third kappa shape index (κ3) is 7.77. The predicted octanol–water partition coefficient (Wildman–Crippen LogP) is 3.52. The summed E-state index contributed by atoms with van der Waals surface area (Å²) in [5, 5.41) is 3.58. The minimum absolute atomic E-state index is 0.635. The molecule has 3 atom stereocenters. The normalized spacial score (nSPS) is 17.1. The highest BCUT2D eigenvalue weighted by Crippen LogP contribution is 2.11. The summed E-state index contributed by atoms with van der Waals surface area (Å²) in [4.78, 5) is 2.62. The topological polar surface area (TPSA) is 15.3 Å². The second kappa shape index (κ2) is 9.90. The summed E-state index contributed by atoms with van der Waals surface area (Å²) in [7, 11) is 0. The van der Waals surface area contributed by atoms with Gasteiger partial charge in [-0.05, 0) is 45.7 Å². The van der Waals surface area contributed by atoms with Crippen LogP contribution >= 0.6 is 0 Å². The second-order valence-electron chi connectivity index (χ2n) is 5.54. The lowest BCUT2D eigenvalue weighted by Gasteiger charge is -2.32. The summed E-state index contributed by atoms with van der Waals surface area (Å²) in [6.45, 7) is 17.4. The molecule has 0 fully saturated rings. The Hall–Kier alpha value is -0.0800. The molecule has 0 amide bonds. The molecule has 0 spiro atoms. The maximum atomic E-state index is 3.58. The molecular formula is C15H34N2. The smallest absolute Gasteiger partial charge is 0.00816 e. The van der Waals surface area contributed by atoms with Gasteiger partial charge in [0.15, 0.2) is 0 Å². The highest BCUT2D eigenvalue weighted by Gasteiger charge is 2.16. The first-order chi connectivity index (χ1) is 8.04. The summed E-state index contributed by atoms with van der Waals surface area (Å²) in [6.07, 6.45) is 3.76. The van der Waals surface area contributed by atoms with Gasteiger partial charge in [-0.3, -0.25) is 0 Å². The number of nitrogens with one attached hydrogen (secondary N) is 1. The molecule has 0 radical (unpaired) electrons. The molecule has 0 aliphatic carbocycles. The lowest BCUT2D eigenvalue weighted by molar-refractivity contribution is 0.171. The van der Waals surface area contributed by atoms with Gasteiger partial charge in [-0.2, -0.15) is 0 Å². The molecule has 0 heterocycles. The van der Waals surface area contributed by atoms with Crippen LogP contribution < -0.4 is 5.32 Å². The van der Waals surface area contributed by atoms with E-state index in [0.29, 0.717) is 12.1 Å². The fourth-order valence-corrected chi connectivity index (χ4v) is 2.28. The molecule has 0 aliphatic heterocycles. The molecule has 0 saturated heterocycles. The Morgan fingerprint density at radius 2 is 1.71 bits per heavy atom. The lowest BCUT2D eigenvalue weighted by Crippen LogP contribution is -2.40. The van der Waals surface area contributed by atoms with E-state index in [1.165, 1.54) is 32.4 Å². The summed E-state index contributed by atoms with van der Waals surface area (Å²) in [5.41, 5.74) is 0. The van der Waals surface area contributed by atoms with Crippen LogP contribution in [-0.2, 0) is 0 Å². The van der Waals surface area contributed by atoms with E-state index in [9.17, 15) is 0 Å². The molecule has 0 aromatic rings. The molecular weight excluding hydrogens is 208 g/mol. The van der Waals surface area contributed by atoms with Crippen molar-refractivity contribution in [2.75, 3.05) is 19.6 Å². The Morgan fingerprint density at radius 1 is 1.06 bits per heavy atom. The third-order valence-electron chi connectivity index (χ3n) is 3.71. The number of hydrogen-bond acceptors (Lipinski definition) is 2. The minimum Gasteiger partial charge on any atom is -0.314 e. The first-order valence-electron chi connectivity index (χ1n) is 7.52. The van der Waals surface area contributed by atoms with E-state index in [1.54, 1.807) is 0 Å². The van der Waals surface area contributed by atoms with Crippen LogP contribution in [0.15, 0.2) is 0 Å². The molecule has 2 nitrogen and oxygen atoms in total. The zero-order chi connectivity index (χ0) is 13.3.